The molecule has 0 fully saturated rings. The number of aliphatic hydroxyl groups is 2. The molecule has 0 aliphatic rings. The second-order valence-electron chi connectivity index (χ2n) is 14.0. The largest absolute Gasteiger partial charge is 0.472 e. The monoisotopic (exact) mass is 821 g/mol. The highest BCUT2D eigenvalue weighted by molar-refractivity contribution is 7.47. The summed E-state index contributed by atoms with van der Waals surface area (Å²) in [7, 11) is -4.64. The summed E-state index contributed by atoms with van der Waals surface area (Å²) in [5.41, 5.74) is 0. The number of hydrogen-bond acceptors (Lipinski definition) is 9. The first-order valence-corrected chi connectivity index (χ1v) is 23.0. The number of phosphoric acid groups is 1. The maximum atomic E-state index is 12.6. The molecular formula is C46H77O10P. The Bertz CT molecular complexity index is 1220. The number of hydrogen-bond donors (Lipinski definition) is 3. The second kappa shape index (κ2) is 41.3. The lowest BCUT2D eigenvalue weighted by molar-refractivity contribution is -0.161. The van der Waals surface area contributed by atoms with Crippen LogP contribution >= 0.6 is 7.82 Å². The predicted molar refractivity (Wildman–Crippen MR) is 233 cm³/mol. The van der Waals surface area contributed by atoms with E-state index in [1.807, 2.05) is 0 Å². The zero-order chi connectivity index (χ0) is 41.9. The third-order valence-electron chi connectivity index (χ3n) is 8.53. The zero-order valence-corrected chi connectivity index (χ0v) is 36.2. The summed E-state index contributed by atoms with van der Waals surface area (Å²) < 4.78 is 32.7. The average Bonchev–Trinajstić information content (AvgIpc) is 3.20. The maximum Gasteiger partial charge on any atom is 0.472 e. The van der Waals surface area contributed by atoms with E-state index in [0.29, 0.717) is 12.8 Å². The molecule has 0 aliphatic carbocycles. The van der Waals surface area contributed by atoms with E-state index >= 15 is 0 Å². The van der Waals surface area contributed by atoms with E-state index in [4.69, 9.17) is 19.1 Å². The zero-order valence-electron chi connectivity index (χ0n) is 35.3. The number of ether oxygens (including phenoxy) is 2. The van der Waals surface area contributed by atoms with Gasteiger partial charge < -0.3 is 24.6 Å². The molecule has 0 rings (SSSR count). The number of carbonyl (C=O) groups is 2. The molecule has 0 aromatic heterocycles. The Balaban J connectivity index is 4.41. The van der Waals surface area contributed by atoms with Crippen molar-refractivity contribution in [3.8, 4) is 0 Å². The smallest absolute Gasteiger partial charge is 0.462 e. The fraction of sp³-hybridized carbons (Fsp3) is 0.652. The van der Waals surface area contributed by atoms with Gasteiger partial charge in [-0.2, -0.15) is 0 Å². The van der Waals surface area contributed by atoms with Crippen molar-refractivity contribution in [1.82, 2.24) is 0 Å². The van der Waals surface area contributed by atoms with Crippen LogP contribution in [0.4, 0.5) is 0 Å². The van der Waals surface area contributed by atoms with Crippen molar-refractivity contribution in [2.75, 3.05) is 26.4 Å². The third-order valence-corrected chi connectivity index (χ3v) is 9.48. The van der Waals surface area contributed by atoms with Gasteiger partial charge in [-0.15, -0.1) is 0 Å². The van der Waals surface area contributed by atoms with Crippen LogP contribution in [0.1, 0.15) is 155 Å². The van der Waals surface area contributed by atoms with Gasteiger partial charge >= 0.3 is 19.8 Å². The summed E-state index contributed by atoms with van der Waals surface area (Å²) in [5.74, 6) is -0.989. The molecule has 57 heavy (non-hydrogen) atoms. The molecule has 326 valence electrons. The lowest BCUT2D eigenvalue weighted by atomic mass is 10.1. The molecule has 1 unspecified atom stereocenters. The molecule has 0 amide bonds. The maximum absolute atomic E-state index is 12.6. The quantitative estimate of drug-likeness (QED) is 0.0237. The van der Waals surface area contributed by atoms with Crippen LogP contribution in [-0.4, -0.2) is 65.7 Å². The number of aliphatic hydroxyl groups excluding tert-OH is 2. The van der Waals surface area contributed by atoms with Crippen LogP contribution < -0.4 is 0 Å². The first-order valence-electron chi connectivity index (χ1n) is 21.5. The number of allylic oxidation sites excluding steroid dienone is 14. The highest BCUT2D eigenvalue weighted by atomic mass is 31.2. The van der Waals surface area contributed by atoms with Gasteiger partial charge in [0.2, 0.25) is 0 Å². The van der Waals surface area contributed by atoms with Crippen LogP contribution in [0.15, 0.2) is 85.1 Å². The average molecular weight is 821 g/mol. The van der Waals surface area contributed by atoms with E-state index in [0.717, 1.165) is 89.9 Å². The minimum atomic E-state index is -4.64. The van der Waals surface area contributed by atoms with E-state index in [1.54, 1.807) is 0 Å². The minimum absolute atomic E-state index is 0.138. The minimum Gasteiger partial charge on any atom is -0.462 e. The lowest BCUT2D eigenvalue weighted by Gasteiger charge is -2.20. The summed E-state index contributed by atoms with van der Waals surface area (Å²) in [4.78, 5) is 35.0. The SMILES string of the molecule is CC/C=C\C/C=C\C/C=C\CCCCCCCC(=O)OC[C@H](COP(=O)(O)OC[C@@H](O)CO)OC(=O)CCCCC/C=C\C/C=C\C/C=C\C/C=C\CCCCC. The van der Waals surface area contributed by atoms with Crippen molar-refractivity contribution in [2.45, 2.75) is 167 Å². The number of carbonyl (C=O) groups excluding carboxylic acids is 2. The van der Waals surface area contributed by atoms with Crippen molar-refractivity contribution in [1.29, 1.82) is 0 Å². The van der Waals surface area contributed by atoms with Gasteiger partial charge in [-0.25, -0.2) is 4.57 Å². The molecular weight excluding hydrogens is 743 g/mol. The van der Waals surface area contributed by atoms with Crippen LogP contribution in [-0.2, 0) is 32.7 Å². The molecule has 0 radical (unpaired) electrons. The summed E-state index contributed by atoms with van der Waals surface area (Å²) in [6.45, 7) is 2.16. The van der Waals surface area contributed by atoms with E-state index in [2.05, 4.69) is 103 Å². The van der Waals surface area contributed by atoms with Gasteiger partial charge in [0, 0.05) is 12.8 Å². The van der Waals surface area contributed by atoms with E-state index < -0.39 is 51.8 Å². The van der Waals surface area contributed by atoms with Crippen LogP contribution in [0.2, 0.25) is 0 Å². The van der Waals surface area contributed by atoms with Gasteiger partial charge in [-0.05, 0) is 89.9 Å². The van der Waals surface area contributed by atoms with Crippen LogP contribution in [0.5, 0.6) is 0 Å². The van der Waals surface area contributed by atoms with Crippen LogP contribution in [0, 0.1) is 0 Å². The molecule has 0 bridgehead atoms. The Hall–Kier alpha value is -2.85. The summed E-state index contributed by atoms with van der Waals surface area (Å²) in [6, 6.07) is 0. The first-order chi connectivity index (χ1) is 27.7. The van der Waals surface area contributed by atoms with Gasteiger partial charge in [-0.1, -0.05) is 137 Å². The molecule has 3 N–H and O–H groups in total. The second-order valence-corrected chi connectivity index (χ2v) is 15.4. The highest BCUT2D eigenvalue weighted by Gasteiger charge is 2.27. The number of esters is 2. The van der Waals surface area contributed by atoms with Gasteiger partial charge in [0.15, 0.2) is 6.10 Å². The molecule has 0 aliphatic heterocycles. The first kappa shape index (κ1) is 54.2. The van der Waals surface area contributed by atoms with Gasteiger partial charge in [0.1, 0.15) is 12.7 Å². The highest BCUT2D eigenvalue weighted by Crippen LogP contribution is 2.43. The number of rotatable bonds is 39. The molecule has 0 saturated heterocycles. The van der Waals surface area contributed by atoms with E-state index in [-0.39, 0.29) is 19.4 Å². The Morgan fingerprint density at radius 1 is 0.544 bits per heavy atom. The fourth-order valence-electron chi connectivity index (χ4n) is 5.22. The summed E-state index contributed by atoms with van der Waals surface area (Å²) >= 11 is 0. The predicted octanol–water partition coefficient (Wildman–Crippen LogP) is 11.4. The van der Waals surface area contributed by atoms with Crippen molar-refractivity contribution >= 4 is 19.8 Å². The Kier molecular flexibility index (Phi) is 39.2. The van der Waals surface area contributed by atoms with Crippen molar-refractivity contribution in [2.24, 2.45) is 0 Å². The molecule has 0 aromatic carbocycles. The fourth-order valence-corrected chi connectivity index (χ4v) is 6.01. The van der Waals surface area contributed by atoms with Crippen molar-refractivity contribution < 1.29 is 47.8 Å². The topological polar surface area (TPSA) is 149 Å². The third kappa shape index (κ3) is 41.1. The molecule has 0 heterocycles. The van der Waals surface area contributed by atoms with Gasteiger partial charge in [-0.3, -0.25) is 18.6 Å². The normalized spacial score (nSPS) is 14.7. The Morgan fingerprint density at radius 3 is 1.47 bits per heavy atom. The Morgan fingerprint density at radius 2 is 0.965 bits per heavy atom. The van der Waals surface area contributed by atoms with E-state index in [1.165, 1.54) is 25.7 Å². The van der Waals surface area contributed by atoms with E-state index in [9.17, 15) is 24.2 Å². The van der Waals surface area contributed by atoms with Gasteiger partial charge in [0.05, 0.1) is 19.8 Å². The van der Waals surface area contributed by atoms with Crippen LogP contribution in [0.3, 0.4) is 0 Å². The number of unbranched alkanes of at least 4 members (excludes halogenated alkanes) is 11. The summed E-state index contributed by atoms with van der Waals surface area (Å²) in [5, 5.41) is 18.3. The molecule has 3 atom stereocenters. The summed E-state index contributed by atoms with van der Waals surface area (Å²) in [6.07, 6.45) is 48.3. The molecule has 0 aromatic rings. The molecule has 11 heteroatoms. The van der Waals surface area contributed by atoms with Crippen LogP contribution in [0.25, 0.3) is 0 Å². The molecule has 10 nitrogen and oxygen atoms in total. The molecule has 0 spiro atoms. The standard InChI is InChI=1S/C46H77O10P/c1-3-5-7-9-11-13-15-17-19-20-21-22-24-26-28-30-32-34-36-38-46(50)56-44(42-55-57(51,52)54-40-43(48)39-47)41-53-45(49)37-35-33-31-29-27-25-23-18-16-14-12-10-8-6-4-2/h6,8,11-14,17-19,21-23,26,28,43-44,47-48H,3-5,7,9-10,15-16,20,24-25,27,29-42H2,1-2H3,(H,51,52)/b8-6-,13-11-,14-12-,19-17-,22-21-,23-18-,28-26-/t43-,44+/m0/s1. The van der Waals surface area contributed by atoms with Crippen molar-refractivity contribution in [3.05, 3.63) is 85.1 Å². The molecule has 0 saturated carbocycles. The van der Waals surface area contributed by atoms with Gasteiger partial charge in [0.25, 0.3) is 0 Å². The van der Waals surface area contributed by atoms with Crippen molar-refractivity contribution in [3.63, 3.8) is 0 Å². The lowest BCUT2D eigenvalue weighted by Crippen LogP contribution is -2.29. The Labute approximate surface area is 345 Å². The number of phosphoric ester groups is 1.